The summed E-state index contributed by atoms with van der Waals surface area (Å²) in [5.74, 6) is 1.06. The second-order valence-corrected chi connectivity index (χ2v) is 5.68. The molecule has 1 aromatic rings. The van der Waals surface area contributed by atoms with E-state index in [1.165, 1.54) is 0 Å². The molecule has 1 aliphatic rings. The van der Waals surface area contributed by atoms with Gasteiger partial charge in [0.1, 0.15) is 5.75 Å². The molecule has 1 atom stereocenters. The minimum absolute atomic E-state index is 0.00927. The van der Waals surface area contributed by atoms with Gasteiger partial charge in [-0.2, -0.15) is 5.10 Å². The number of ether oxygens (including phenoxy) is 1. The Bertz CT molecular complexity index is 582. The van der Waals surface area contributed by atoms with Gasteiger partial charge >= 0.3 is 0 Å². The minimum atomic E-state index is -0.00927. The summed E-state index contributed by atoms with van der Waals surface area (Å²) in [6.45, 7) is 2.07. The van der Waals surface area contributed by atoms with Crippen LogP contribution in [0.2, 0.25) is 0 Å². The van der Waals surface area contributed by atoms with Gasteiger partial charge in [0.25, 0.3) is 0 Å². The number of carbonyl (C=O) groups is 1. The van der Waals surface area contributed by atoms with Crippen molar-refractivity contribution in [3.63, 3.8) is 0 Å². The summed E-state index contributed by atoms with van der Waals surface area (Å²) in [5, 5.41) is 4.15. The Morgan fingerprint density at radius 3 is 2.95 bits per heavy atom. The summed E-state index contributed by atoms with van der Waals surface area (Å²) in [5.41, 5.74) is 4.52. The zero-order chi connectivity index (χ0) is 15.2. The minimum Gasteiger partial charge on any atom is -0.496 e. The number of hydrogen-bond donors (Lipinski definition) is 1. The fourth-order valence-corrected chi connectivity index (χ4v) is 2.80. The van der Waals surface area contributed by atoms with Crippen LogP contribution in [-0.2, 0) is 4.79 Å². The van der Waals surface area contributed by atoms with Gasteiger partial charge in [-0.25, -0.2) is 5.43 Å². The number of amides is 1. The van der Waals surface area contributed by atoms with E-state index >= 15 is 0 Å². The van der Waals surface area contributed by atoms with Crippen LogP contribution < -0.4 is 10.2 Å². The predicted octanol–water partition coefficient (Wildman–Crippen LogP) is 3.33. The maximum Gasteiger partial charge on any atom is 0.240 e. The number of carbonyl (C=O) groups excluding carboxylic acids is 1. The Morgan fingerprint density at radius 2 is 2.29 bits per heavy atom. The third kappa shape index (κ3) is 3.88. The van der Waals surface area contributed by atoms with Crippen molar-refractivity contribution in [2.24, 2.45) is 11.0 Å². The van der Waals surface area contributed by atoms with Crippen LogP contribution in [-0.4, -0.2) is 25.0 Å². The first-order valence-electron chi connectivity index (χ1n) is 6.94. The Hall–Kier alpha value is -1.75. The molecule has 1 aromatic carbocycles. The van der Waals surface area contributed by atoms with Gasteiger partial charge < -0.3 is 4.74 Å². The number of methoxy groups -OCH3 is 1. The molecule has 112 valence electrons. The van der Waals surface area contributed by atoms with E-state index in [9.17, 15) is 4.79 Å². The van der Waals surface area contributed by atoms with Crippen LogP contribution >= 0.6 is 11.8 Å². The molecule has 0 fully saturated rings. The first-order chi connectivity index (χ1) is 10.2. The molecule has 0 aliphatic carbocycles. The molecule has 2 rings (SSSR count). The van der Waals surface area contributed by atoms with Crippen LogP contribution in [0.15, 0.2) is 34.3 Å². The average molecular weight is 304 g/mol. The van der Waals surface area contributed by atoms with E-state index in [1.807, 2.05) is 36.6 Å². The highest BCUT2D eigenvalue weighted by molar-refractivity contribution is 7.98. The number of hydrazone groups is 1. The summed E-state index contributed by atoms with van der Waals surface area (Å²) in [6.07, 6.45) is 7.42. The lowest BCUT2D eigenvalue weighted by Crippen LogP contribution is -2.31. The highest BCUT2D eigenvalue weighted by Crippen LogP contribution is 2.28. The molecule has 1 unspecified atom stereocenters. The largest absolute Gasteiger partial charge is 0.496 e. The van der Waals surface area contributed by atoms with Crippen LogP contribution in [0.5, 0.6) is 5.75 Å². The Morgan fingerprint density at radius 1 is 1.48 bits per heavy atom. The highest BCUT2D eigenvalue weighted by Gasteiger charge is 2.20. The third-order valence-electron chi connectivity index (χ3n) is 3.51. The van der Waals surface area contributed by atoms with E-state index in [2.05, 4.69) is 17.5 Å². The fourth-order valence-electron chi connectivity index (χ4n) is 2.26. The average Bonchev–Trinajstić information content (AvgIpc) is 2.53. The molecule has 0 radical (unpaired) electrons. The Labute approximate surface area is 129 Å². The molecule has 1 heterocycles. The summed E-state index contributed by atoms with van der Waals surface area (Å²) >= 11 is 1.66. The van der Waals surface area contributed by atoms with Crippen molar-refractivity contribution in [2.45, 2.75) is 24.7 Å². The second-order valence-electron chi connectivity index (χ2n) is 4.83. The van der Waals surface area contributed by atoms with Gasteiger partial charge in [-0.1, -0.05) is 19.1 Å². The molecular weight excluding hydrogens is 284 g/mol. The molecule has 0 spiro atoms. The lowest BCUT2D eigenvalue weighted by atomic mass is 9.94. The van der Waals surface area contributed by atoms with Crippen LogP contribution in [0.4, 0.5) is 0 Å². The van der Waals surface area contributed by atoms with Crippen LogP contribution in [0.1, 0.15) is 25.3 Å². The molecule has 0 saturated heterocycles. The van der Waals surface area contributed by atoms with Gasteiger partial charge in [0.2, 0.25) is 5.91 Å². The molecule has 5 heteroatoms. The summed E-state index contributed by atoms with van der Waals surface area (Å²) in [7, 11) is 1.68. The van der Waals surface area contributed by atoms with Gasteiger partial charge in [0.15, 0.2) is 0 Å². The molecule has 0 saturated carbocycles. The smallest absolute Gasteiger partial charge is 0.240 e. The van der Waals surface area contributed by atoms with E-state index in [0.29, 0.717) is 6.42 Å². The van der Waals surface area contributed by atoms with Gasteiger partial charge in [-0.3, -0.25) is 4.79 Å². The van der Waals surface area contributed by atoms with Crippen molar-refractivity contribution in [1.29, 1.82) is 0 Å². The number of nitrogens with zero attached hydrogens (tertiary/aromatic N) is 1. The topological polar surface area (TPSA) is 50.7 Å². The first-order valence-corrected chi connectivity index (χ1v) is 8.17. The molecule has 21 heavy (non-hydrogen) atoms. The zero-order valence-corrected chi connectivity index (χ0v) is 13.4. The third-order valence-corrected chi connectivity index (χ3v) is 4.28. The lowest BCUT2D eigenvalue weighted by molar-refractivity contribution is -0.122. The van der Waals surface area contributed by atoms with Gasteiger partial charge in [-0.15, -0.1) is 11.8 Å². The number of allylic oxidation sites excluding steroid dienone is 1. The fraction of sp³-hybridized carbons (Fsp3) is 0.375. The monoisotopic (exact) mass is 304 g/mol. The molecule has 0 bridgehead atoms. The summed E-state index contributed by atoms with van der Waals surface area (Å²) < 4.78 is 5.38. The van der Waals surface area contributed by atoms with Crippen molar-refractivity contribution >= 4 is 29.5 Å². The standard InChI is InChI=1S/C16H20N2O2S/c1-4-12-10-16(19)18-17-13(12)7-5-11-6-8-15(21-3)14(9-11)20-2/h5-9,12H,4,10H2,1-3H3,(H,18,19). The van der Waals surface area contributed by atoms with E-state index in [0.717, 1.165) is 28.3 Å². The molecular formula is C16H20N2O2S. The molecule has 1 amide bonds. The number of hydrogen-bond acceptors (Lipinski definition) is 4. The second kappa shape index (κ2) is 7.31. The summed E-state index contributed by atoms with van der Waals surface area (Å²) in [6, 6.07) is 6.10. The van der Waals surface area contributed by atoms with Crippen LogP contribution in [0.25, 0.3) is 6.08 Å². The van der Waals surface area contributed by atoms with Gasteiger partial charge in [0, 0.05) is 17.2 Å². The van der Waals surface area contributed by atoms with Gasteiger partial charge in [-0.05, 0) is 36.4 Å². The Balaban J connectivity index is 2.19. The predicted molar refractivity (Wildman–Crippen MR) is 87.8 cm³/mol. The lowest BCUT2D eigenvalue weighted by Gasteiger charge is -2.18. The number of nitrogens with one attached hydrogen (secondary N) is 1. The Kier molecular flexibility index (Phi) is 5.44. The maximum absolute atomic E-state index is 11.3. The SMILES string of the molecule is CCC1CC(=O)NN=C1C=Cc1ccc(SC)c(OC)c1. The quantitative estimate of drug-likeness (QED) is 0.849. The molecule has 0 aromatic heterocycles. The summed E-state index contributed by atoms with van der Waals surface area (Å²) in [4.78, 5) is 12.5. The van der Waals surface area contributed by atoms with E-state index in [-0.39, 0.29) is 11.8 Å². The van der Waals surface area contributed by atoms with Crippen molar-refractivity contribution < 1.29 is 9.53 Å². The van der Waals surface area contributed by atoms with Gasteiger partial charge in [0.05, 0.1) is 12.8 Å². The van der Waals surface area contributed by atoms with Crippen LogP contribution in [0, 0.1) is 5.92 Å². The first kappa shape index (κ1) is 15.6. The van der Waals surface area contributed by atoms with E-state index in [1.54, 1.807) is 18.9 Å². The molecule has 1 aliphatic heterocycles. The van der Waals surface area contributed by atoms with Crippen molar-refractivity contribution in [3.05, 3.63) is 29.8 Å². The normalized spacial score (nSPS) is 18.5. The van der Waals surface area contributed by atoms with Crippen molar-refractivity contribution in [1.82, 2.24) is 5.43 Å². The maximum atomic E-state index is 11.3. The molecule has 1 N–H and O–H groups in total. The zero-order valence-electron chi connectivity index (χ0n) is 12.6. The number of rotatable bonds is 5. The van der Waals surface area contributed by atoms with E-state index in [4.69, 9.17) is 4.74 Å². The number of thioether (sulfide) groups is 1. The molecule has 4 nitrogen and oxygen atoms in total. The van der Waals surface area contributed by atoms with Crippen molar-refractivity contribution in [2.75, 3.05) is 13.4 Å². The van der Waals surface area contributed by atoms with Crippen molar-refractivity contribution in [3.8, 4) is 5.75 Å². The van der Waals surface area contributed by atoms with Crippen LogP contribution in [0.3, 0.4) is 0 Å². The highest BCUT2D eigenvalue weighted by atomic mass is 32.2. The van der Waals surface area contributed by atoms with E-state index < -0.39 is 0 Å². The number of benzene rings is 1.